The molecule has 0 saturated carbocycles. The topological polar surface area (TPSA) is 102 Å². The zero-order valence-electron chi connectivity index (χ0n) is 38.2. The van der Waals surface area contributed by atoms with Crippen LogP contribution < -0.4 is 5.11 Å². The maximum absolute atomic E-state index is 12.7. The highest BCUT2D eigenvalue weighted by atomic mass is 16.6. The van der Waals surface area contributed by atoms with E-state index >= 15 is 0 Å². The lowest BCUT2D eigenvalue weighted by Gasteiger charge is -2.34. The van der Waals surface area contributed by atoms with Crippen LogP contribution in [0.5, 0.6) is 0 Å². The molecule has 0 aliphatic rings. The molecule has 2 unspecified atom stereocenters. The molecule has 0 bridgehead atoms. The minimum absolute atomic E-state index is 0.0232. The van der Waals surface area contributed by atoms with E-state index in [1.807, 2.05) is 0 Å². The lowest BCUT2D eigenvalue weighted by Crippen LogP contribution is -2.55. The van der Waals surface area contributed by atoms with E-state index in [1.165, 1.54) is 122 Å². The summed E-state index contributed by atoms with van der Waals surface area (Å²) in [4.78, 5) is 36.9. The molecule has 0 aromatic carbocycles. The van der Waals surface area contributed by atoms with Crippen LogP contribution >= 0.6 is 0 Å². The Bertz CT molecular complexity index is 1090. The molecule has 8 nitrogen and oxygen atoms in total. The summed E-state index contributed by atoms with van der Waals surface area (Å²) in [7, 11) is 5.39. The summed E-state index contributed by atoms with van der Waals surface area (Å²) >= 11 is 0. The Balaban J connectivity index is 4.39. The predicted octanol–water partition coefficient (Wildman–Crippen LogP) is 11.9. The van der Waals surface area contributed by atoms with Crippen molar-refractivity contribution in [1.82, 2.24) is 0 Å². The van der Waals surface area contributed by atoms with Gasteiger partial charge in [0.05, 0.1) is 40.3 Å². The average Bonchev–Trinajstić information content (AvgIpc) is 3.18. The normalized spacial score (nSPS) is 13.3. The molecule has 0 aliphatic heterocycles. The van der Waals surface area contributed by atoms with Gasteiger partial charge >= 0.3 is 11.9 Å². The van der Waals surface area contributed by atoms with Crippen molar-refractivity contribution in [2.45, 2.75) is 212 Å². The molecule has 0 saturated heterocycles. The van der Waals surface area contributed by atoms with E-state index in [0.717, 1.165) is 38.5 Å². The maximum atomic E-state index is 12.7. The molecule has 0 rings (SSSR count). The number of ether oxygens (including phenoxy) is 3. The number of rotatable bonds is 42. The van der Waals surface area contributed by atoms with Crippen molar-refractivity contribution in [3.63, 3.8) is 0 Å². The number of nitrogens with zero attached hydrogens (tertiary/aromatic N) is 1. The molecule has 0 amide bonds. The Morgan fingerprint density at radius 1 is 0.517 bits per heavy atom. The second-order valence-electron chi connectivity index (χ2n) is 17.0. The number of carbonyl (C=O) groups excluding carboxylic acids is 3. The fraction of sp³-hybridized carbons (Fsp3) is 0.780. The minimum atomic E-state index is -1.13. The van der Waals surface area contributed by atoms with Crippen molar-refractivity contribution < 1.29 is 38.2 Å². The van der Waals surface area contributed by atoms with Crippen molar-refractivity contribution >= 4 is 17.9 Å². The fourth-order valence-electron chi connectivity index (χ4n) is 6.73. The van der Waals surface area contributed by atoms with Crippen LogP contribution in [0.2, 0.25) is 0 Å². The van der Waals surface area contributed by atoms with Crippen molar-refractivity contribution in [2.75, 3.05) is 41.0 Å². The molecule has 0 aliphatic carbocycles. The number of likely N-dealkylation sites (N-methyl/N-ethyl adjacent to an activating group) is 1. The van der Waals surface area contributed by atoms with Crippen LogP contribution in [0.3, 0.4) is 0 Å². The molecule has 0 N–H and O–H groups in total. The highest BCUT2D eigenvalue weighted by molar-refractivity contribution is 5.70. The van der Waals surface area contributed by atoms with E-state index in [-0.39, 0.29) is 49.1 Å². The van der Waals surface area contributed by atoms with Gasteiger partial charge in [0.2, 0.25) is 0 Å². The number of quaternary nitrogens is 1. The predicted molar refractivity (Wildman–Crippen MR) is 240 cm³/mol. The first-order chi connectivity index (χ1) is 28.1. The number of esters is 2. The number of carboxylic acid groups (broad SMARTS) is 1. The summed E-state index contributed by atoms with van der Waals surface area (Å²) in [6.07, 6.45) is 48.5. The van der Waals surface area contributed by atoms with Gasteiger partial charge in [-0.25, -0.2) is 0 Å². The molecular formula is C50H89NO7. The van der Waals surface area contributed by atoms with Gasteiger partial charge in [0.25, 0.3) is 0 Å². The second-order valence-corrected chi connectivity index (χ2v) is 17.0. The summed E-state index contributed by atoms with van der Waals surface area (Å²) in [6.45, 7) is 4.60. The van der Waals surface area contributed by atoms with E-state index < -0.39 is 18.1 Å². The Morgan fingerprint density at radius 2 is 0.931 bits per heavy atom. The third-order valence-electron chi connectivity index (χ3n) is 10.4. The third kappa shape index (κ3) is 38.8. The number of hydrogen-bond acceptors (Lipinski definition) is 7. The Morgan fingerprint density at radius 3 is 1.41 bits per heavy atom. The first-order valence-electron chi connectivity index (χ1n) is 23.7. The average molecular weight is 816 g/mol. The van der Waals surface area contributed by atoms with Crippen LogP contribution in [-0.2, 0) is 28.6 Å². The molecule has 0 heterocycles. The molecule has 336 valence electrons. The molecule has 0 fully saturated rings. The molecule has 2 atom stereocenters. The maximum Gasteiger partial charge on any atom is 0.306 e. The molecule has 0 aromatic heterocycles. The minimum Gasteiger partial charge on any atom is -0.544 e. The first kappa shape index (κ1) is 55.3. The summed E-state index contributed by atoms with van der Waals surface area (Å²) in [5.74, 6) is -1.81. The van der Waals surface area contributed by atoms with E-state index in [4.69, 9.17) is 14.2 Å². The fourth-order valence-corrected chi connectivity index (χ4v) is 6.73. The van der Waals surface area contributed by atoms with Gasteiger partial charge in [-0.2, -0.15) is 0 Å². The summed E-state index contributed by atoms with van der Waals surface area (Å²) in [6, 6.07) is -0.734. The summed E-state index contributed by atoms with van der Waals surface area (Å²) in [5.41, 5.74) is 0. The van der Waals surface area contributed by atoms with Crippen LogP contribution in [0.25, 0.3) is 0 Å². The Hall–Kier alpha value is -2.71. The number of aliphatic carboxylic acids is 1. The highest BCUT2D eigenvalue weighted by Gasteiger charge is 2.25. The van der Waals surface area contributed by atoms with Gasteiger partial charge in [0.1, 0.15) is 12.6 Å². The molecule has 58 heavy (non-hydrogen) atoms. The quantitative estimate of drug-likeness (QED) is 0.0262. The number of unbranched alkanes of at least 4 members (excludes halogenated alkanes) is 20. The monoisotopic (exact) mass is 816 g/mol. The Kier molecular flexibility index (Phi) is 39.1. The summed E-state index contributed by atoms with van der Waals surface area (Å²) in [5, 5.41) is 11.6. The zero-order valence-corrected chi connectivity index (χ0v) is 38.2. The lowest BCUT2D eigenvalue weighted by atomic mass is 10.1. The van der Waals surface area contributed by atoms with Crippen LogP contribution in [0.4, 0.5) is 0 Å². The number of allylic oxidation sites excluding steroid dienone is 8. The van der Waals surface area contributed by atoms with Crippen molar-refractivity contribution in [3.8, 4) is 0 Å². The van der Waals surface area contributed by atoms with Gasteiger partial charge < -0.3 is 28.6 Å². The van der Waals surface area contributed by atoms with E-state index in [0.29, 0.717) is 12.8 Å². The molecule has 0 spiro atoms. The smallest absolute Gasteiger partial charge is 0.306 e. The number of carbonyl (C=O) groups is 3. The number of hydrogen-bond donors (Lipinski definition) is 0. The summed E-state index contributed by atoms with van der Waals surface area (Å²) < 4.78 is 17.1. The molecular weight excluding hydrogens is 727 g/mol. The van der Waals surface area contributed by atoms with E-state index in [1.54, 1.807) is 21.1 Å². The Labute approximate surface area is 356 Å². The molecule has 0 radical (unpaired) electrons. The molecule has 8 heteroatoms. The standard InChI is InChI=1S/C50H89NO7/c1-6-8-10-12-14-16-18-20-22-24-26-28-30-32-34-36-38-40-48(52)57-45-46(44-56-43-42-47(50(54)55)51(3,4)5)58-49(53)41-39-37-35-33-31-29-27-25-23-21-19-17-15-13-11-9-7-2/h20-23,26,28,32,34,46-47H,6-19,24-25,27,29-31,33,35-45H2,1-5H3/b22-20+,23-21+,28-26+,34-32+. The number of carboxylic acids is 1. The SMILES string of the molecule is CCCCCCCC/C=C/C/C=C/C/C=C/CCCC(=O)OCC(COCCC(C(=O)[O-])[N+](C)(C)C)OC(=O)CCCCCCCCC/C=C/CCCCCCCC. The van der Waals surface area contributed by atoms with Gasteiger partial charge in [-0.15, -0.1) is 0 Å². The van der Waals surface area contributed by atoms with Crippen LogP contribution in [-0.4, -0.2) is 75.5 Å². The van der Waals surface area contributed by atoms with Crippen molar-refractivity contribution in [2.24, 2.45) is 0 Å². The van der Waals surface area contributed by atoms with E-state index in [2.05, 4.69) is 62.5 Å². The van der Waals surface area contributed by atoms with Gasteiger partial charge in [-0.1, -0.05) is 159 Å². The largest absolute Gasteiger partial charge is 0.544 e. The van der Waals surface area contributed by atoms with Crippen molar-refractivity contribution in [1.29, 1.82) is 0 Å². The first-order valence-corrected chi connectivity index (χ1v) is 23.7. The van der Waals surface area contributed by atoms with Gasteiger partial charge in [0.15, 0.2) is 6.10 Å². The lowest BCUT2D eigenvalue weighted by molar-refractivity contribution is -0.889. The second kappa shape index (κ2) is 41.0. The van der Waals surface area contributed by atoms with Gasteiger partial charge in [0, 0.05) is 19.3 Å². The third-order valence-corrected chi connectivity index (χ3v) is 10.4. The van der Waals surface area contributed by atoms with Gasteiger partial charge in [-0.05, 0) is 70.6 Å². The van der Waals surface area contributed by atoms with Gasteiger partial charge in [-0.3, -0.25) is 9.59 Å². The highest BCUT2D eigenvalue weighted by Crippen LogP contribution is 2.14. The van der Waals surface area contributed by atoms with Crippen LogP contribution in [0.15, 0.2) is 48.6 Å². The molecule has 0 aromatic rings. The van der Waals surface area contributed by atoms with E-state index in [9.17, 15) is 19.5 Å². The van der Waals surface area contributed by atoms with Crippen LogP contribution in [0.1, 0.15) is 200 Å². The zero-order chi connectivity index (χ0) is 42.8. The van der Waals surface area contributed by atoms with Crippen LogP contribution in [0, 0.1) is 0 Å². The van der Waals surface area contributed by atoms with Crippen molar-refractivity contribution in [3.05, 3.63) is 48.6 Å².